The number of halogens is 3. The number of benzene rings is 3. The van der Waals surface area contributed by atoms with Gasteiger partial charge in [-0.05, 0) is 54.4 Å². The van der Waals surface area contributed by atoms with Crippen LogP contribution in [0.25, 0.3) is 10.1 Å². The maximum atomic E-state index is 12.8. The standard InChI is InChI=1S/C27H21Cl3N2O5S/c1-3-19(36-20-11-9-16(28)13-18(20)29)26(33)32-31-14-15-8-10-21(22(12-15)35-2)37-27(34)25-24(30)17-6-4-5-7-23(17)38-25/h4-14,19H,3H2,1-2H3,(H,32,33)/b31-14+. The van der Waals surface area contributed by atoms with Crippen molar-refractivity contribution in [2.45, 2.75) is 19.4 Å². The van der Waals surface area contributed by atoms with Crippen LogP contribution < -0.4 is 19.6 Å². The predicted octanol–water partition coefficient (Wildman–Crippen LogP) is 7.40. The van der Waals surface area contributed by atoms with Gasteiger partial charge in [-0.25, -0.2) is 10.2 Å². The molecule has 1 unspecified atom stereocenters. The summed E-state index contributed by atoms with van der Waals surface area (Å²) >= 11 is 19.7. The minimum absolute atomic E-state index is 0.214. The zero-order chi connectivity index (χ0) is 27.2. The summed E-state index contributed by atoms with van der Waals surface area (Å²) in [7, 11) is 1.45. The fourth-order valence-electron chi connectivity index (χ4n) is 3.43. The second-order valence-corrected chi connectivity index (χ2v) is 10.1. The van der Waals surface area contributed by atoms with Gasteiger partial charge in [0.15, 0.2) is 17.6 Å². The molecule has 11 heteroatoms. The highest BCUT2D eigenvalue weighted by Gasteiger charge is 2.21. The van der Waals surface area contributed by atoms with Crippen molar-refractivity contribution in [3.8, 4) is 17.2 Å². The van der Waals surface area contributed by atoms with E-state index in [9.17, 15) is 9.59 Å². The Bertz CT molecular complexity index is 1520. The molecule has 4 rings (SSSR count). The van der Waals surface area contributed by atoms with Crippen molar-refractivity contribution < 1.29 is 23.8 Å². The van der Waals surface area contributed by atoms with Gasteiger partial charge in [0.25, 0.3) is 5.91 Å². The quantitative estimate of drug-likeness (QED) is 0.0949. The summed E-state index contributed by atoms with van der Waals surface area (Å²) < 4.78 is 17.5. The van der Waals surface area contributed by atoms with Crippen molar-refractivity contribution in [2.75, 3.05) is 7.11 Å². The van der Waals surface area contributed by atoms with Crippen molar-refractivity contribution >= 4 is 74.3 Å². The molecule has 1 amide bonds. The number of rotatable bonds is 9. The van der Waals surface area contributed by atoms with E-state index in [1.807, 2.05) is 24.3 Å². The van der Waals surface area contributed by atoms with Crippen LogP contribution in [0.4, 0.5) is 0 Å². The summed E-state index contributed by atoms with van der Waals surface area (Å²) in [6.07, 6.45) is 0.998. The van der Waals surface area contributed by atoms with E-state index in [-0.39, 0.29) is 5.75 Å². The second-order valence-electron chi connectivity index (χ2n) is 7.86. The number of methoxy groups -OCH3 is 1. The minimum Gasteiger partial charge on any atom is -0.493 e. The van der Waals surface area contributed by atoms with Crippen LogP contribution in [0.3, 0.4) is 0 Å². The van der Waals surface area contributed by atoms with E-state index in [0.717, 1.165) is 10.1 Å². The first-order valence-corrected chi connectivity index (χ1v) is 13.3. The zero-order valence-corrected chi connectivity index (χ0v) is 23.3. The molecular formula is C27H21Cl3N2O5S. The Kier molecular flexibility index (Phi) is 9.12. The predicted molar refractivity (Wildman–Crippen MR) is 152 cm³/mol. The number of hydrazone groups is 1. The largest absolute Gasteiger partial charge is 0.493 e. The van der Waals surface area contributed by atoms with Crippen LogP contribution in [-0.4, -0.2) is 31.3 Å². The molecule has 0 radical (unpaired) electrons. The van der Waals surface area contributed by atoms with Gasteiger partial charge >= 0.3 is 5.97 Å². The molecule has 1 atom stereocenters. The molecule has 0 bridgehead atoms. The Hall–Kier alpha value is -3.30. The molecule has 7 nitrogen and oxygen atoms in total. The van der Waals surface area contributed by atoms with Crippen LogP contribution in [-0.2, 0) is 4.79 Å². The molecule has 0 saturated carbocycles. The van der Waals surface area contributed by atoms with E-state index in [1.54, 1.807) is 37.3 Å². The van der Waals surface area contributed by atoms with Crippen LogP contribution in [0.5, 0.6) is 17.2 Å². The van der Waals surface area contributed by atoms with E-state index in [2.05, 4.69) is 10.5 Å². The van der Waals surface area contributed by atoms with E-state index in [1.165, 1.54) is 30.7 Å². The van der Waals surface area contributed by atoms with E-state index in [0.29, 0.717) is 43.4 Å². The summed E-state index contributed by atoms with van der Waals surface area (Å²) in [4.78, 5) is 25.7. The SMILES string of the molecule is CCC(Oc1ccc(Cl)cc1Cl)C(=O)N/N=C/c1ccc(OC(=O)c2sc3ccccc3c2Cl)c(OC)c1. The molecule has 1 heterocycles. The van der Waals surface area contributed by atoms with Crippen LogP contribution in [0.15, 0.2) is 65.8 Å². The van der Waals surface area contributed by atoms with E-state index in [4.69, 9.17) is 49.0 Å². The maximum absolute atomic E-state index is 12.8. The normalized spacial score (nSPS) is 11.9. The first-order valence-electron chi connectivity index (χ1n) is 11.3. The smallest absolute Gasteiger partial charge is 0.355 e. The first kappa shape index (κ1) is 27.7. The molecular weight excluding hydrogens is 571 g/mol. The minimum atomic E-state index is -0.817. The summed E-state index contributed by atoms with van der Waals surface area (Å²) in [5.41, 5.74) is 3.05. The number of nitrogens with one attached hydrogen (secondary N) is 1. The molecule has 4 aromatic rings. The lowest BCUT2D eigenvalue weighted by Crippen LogP contribution is -2.35. The van der Waals surface area contributed by atoms with E-state index >= 15 is 0 Å². The Morgan fingerprint density at radius 1 is 1.03 bits per heavy atom. The number of thiophene rings is 1. The topological polar surface area (TPSA) is 86.2 Å². The first-order chi connectivity index (χ1) is 18.3. The fraction of sp³-hybridized carbons (Fsp3) is 0.148. The molecule has 0 aliphatic rings. The van der Waals surface area contributed by atoms with Gasteiger partial charge in [0.2, 0.25) is 0 Å². The lowest BCUT2D eigenvalue weighted by molar-refractivity contribution is -0.128. The average molecular weight is 592 g/mol. The van der Waals surface area contributed by atoms with Gasteiger partial charge in [0, 0.05) is 15.1 Å². The monoisotopic (exact) mass is 590 g/mol. The lowest BCUT2D eigenvalue weighted by Gasteiger charge is -2.16. The summed E-state index contributed by atoms with van der Waals surface area (Å²) in [6.45, 7) is 1.80. The molecule has 1 N–H and O–H groups in total. The van der Waals surface area contributed by atoms with Gasteiger partial charge in [-0.3, -0.25) is 4.79 Å². The van der Waals surface area contributed by atoms with Gasteiger partial charge in [0.05, 0.1) is 23.4 Å². The van der Waals surface area contributed by atoms with Crippen molar-refractivity contribution in [2.24, 2.45) is 5.10 Å². The Morgan fingerprint density at radius 2 is 1.79 bits per heavy atom. The Morgan fingerprint density at radius 3 is 2.50 bits per heavy atom. The molecule has 3 aromatic carbocycles. The highest BCUT2D eigenvalue weighted by Crippen LogP contribution is 2.37. The van der Waals surface area contributed by atoms with Crippen LogP contribution in [0.2, 0.25) is 15.1 Å². The van der Waals surface area contributed by atoms with Gasteiger partial charge in [-0.2, -0.15) is 5.10 Å². The van der Waals surface area contributed by atoms with Crippen molar-refractivity contribution in [3.05, 3.63) is 86.2 Å². The number of nitrogens with zero attached hydrogens (tertiary/aromatic N) is 1. The zero-order valence-electron chi connectivity index (χ0n) is 20.2. The number of fused-ring (bicyclic) bond motifs is 1. The Balaban J connectivity index is 1.41. The van der Waals surface area contributed by atoms with Gasteiger partial charge in [0.1, 0.15) is 10.6 Å². The van der Waals surface area contributed by atoms with Crippen molar-refractivity contribution in [1.29, 1.82) is 0 Å². The number of hydrogen-bond donors (Lipinski definition) is 1. The van der Waals surface area contributed by atoms with Crippen LogP contribution >= 0.6 is 46.1 Å². The Labute approximate surface area is 237 Å². The molecule has 0 aliphatic heterocycles. The molecule has 1 aromatic heterocycles. The average Bonchev–Trinajstić information content (AvgIpc) is 3.25. The highest BCUT2D eigenvalue weighted by molar-refractivity contribution is 7.21. The summed E-state index contributed by atoms with van der Waals surface area (Å²) in [6, 6.07) is 17.1. The molecule has 0 saturated heterocycles. The molecule has 0 fully saturated rings. The summed E-state index contributed by atoms with van der Waals surface area (Å²) in [5.74, 6) is -0.180. The molecule has 0 spiro atoms. The van der Waals surface area contributed by atoms with Crippen molar-refractivity contribution in [3.63, 3.8) is 0 Å². The number of esters is 1. The highest BCUT2D eigenvalue weighted by atomic mass is 35.5. The third-order valence-corrected chi connectivity index (χ3v) is 7.51. The van der Waals surface area contributed by atoms with Crippen LogP contribution in [0, 0.1) is 0 Å². The second kappa shape index (κ2) is 12.5. The van der Waals surface area contributed by atoms with Gasteiger partial charge in [-0.1, -0.05) is 59.9 Å². The third-order valence-electron chi connectivity index (χ3n) is 5.33. The number of ether oxygens (including phenoxy) is 3. The summed E-state index contributed by atoms with van der Waals surface area (Å²) in [5, 5.41) is 5.90. The fourth-order valence-corrected chi connectivity index (χ4v) is 5.27. The van der Waals surface area contributed by atoms with Gasteiger partial charge < -0.3 is 14.2 Å². The number of hydrogen-bond acceptors (Lipinski definition) is 7. The number of carbonyl (C=O) groups excluding carboxylic acids is 2. The molecule has 0 aliphatic carbocycles. The van der Waals surface area contributed by atoms with Crippen molar-refractivity contribution in [1.82, 2.24) is 5.43 Å². The molecule has 38 heavy (non-hydrogen) atoms. The third kappa shape index (κ3) is 6.39. The van der Waals surface area contributed by atoms with E-state index < -0.39 is 18.0 Å². The lowest BCUT2D eigenvalue weighted by atomic mass is 10.2. The number of amides is 1. The molecule has 196 valence electrons. The number of carbonyl (C=O) groups is 2. The van der Waals surface area contributed by atoms with Crippen LogP contribution in [0.1, 0.15) is 28.6 Å². The maximum Gasteiger partial charge on any atom is 0.355 e. The van der Waals surface area contributed by atoms with Gasteiger partial charge in [-0.15, -0.1) is 11.3 Å².